The molecular formula is C11H15N3O3. The molecule has 1 amide bonds. The van der Waals surface area contributed by atoms with Crippen LogP contribution in [0.4, 0.5) is 5.69 Å². The number of para-hydroxylation sites is 1. The van der Waals surface area contributed by atoms with Crippen LogP contribution in [-0.2, 0) is 11.3 Å². The molecule has 0 fully saturated rings. The third kappa shape index (κ3) is 3.84. The fourth-order valence-electron chi connectivity index (χ4n) is 1.30. The van der Waals surface area contributed by atoms with E-state index in [1.165, 1.54) is 11.0 Å². The van der Waals surface area contributed by atoms with E-state index in [0.717, 1.165) is 0 Å². The number of carbonyl (C=O) groups excluding carboxylic acids is 1. The van der Waals surface area contributed by atoms with Crippen LogP contribution in [0.25, 0.3) is 0 Å². The van der Waals surface area contributed by atoms with Crippen LogP contribution in [0, 0.1) is 10.1 Å². The van der Waals surface area contributed by atoms with E-state index in [1.54, 1.807) is 32.3 Å². The topological polar surface area (TPSA) is 75.5 Å². The van der Waals surface area contributed by atoms with Crippen LogP contribution in [0.1, 0.15) is 5.56 Å². The molecule has 0 saturated heterocycles. The predicted molar refractivity (Wildman–Crippen MR) is 63.5 cm³/mol. The lowest BCUT2D eigenvalue weighted by Crippen LogP contribution is -2.32. The first kappa shape index (κ1) is 13.1. The van der Waals surface area contributed by atoms with E-state index in [9.17, 15) is 14.9 Å². The molecule has 0 aliphatic rings. The quantitative estimate of drug-likeness (QED) is 0.606. The monoisotopic (exact) mass is 237 g/mol. The smallest absolute Gasteiger partial charge is 0.273 e. The van der Waals surface area contributed by atoms with Gasteiger partial charge in [-0.25, -0.2) is 0 Å². The Labute approximate surface area is 99.4 Å². The van der Waals surface area contributed by atoms with Crippen molar-refractivity contribution >= 4 is 11.6 Å². The molecule has 0 heterocycles. The van der Waals surface area contributed by atoms with Crippen molar-refractivity contribution < 1.29 is 9.72 Å². The van der Waals surface area contributed by atoms with Crippen LogP contribution in [0.5, 0.6) is 0 Å². The van der Waals surface area contributed by atoms with E-state index in [1.807, 2.05) is 0 Å². The molecule has 92 valence electrons. The van der Waals surface area contributed by atoms with Crippen LogP contribution in [0.15, 0.2) is 24.3 Å². The Hall–Kier alpha value is -1.95. The van der Waals surface area contributed by atoms with Crippen molar-refractivity contribution in [1.82, 2.24) is 10.2 Å². The Morgan fingerprint density at radius 3 is 2.65 bits per heavy atom. The van der Waals surface area contributed by atoms with Gasteiger partial charge in [0.05, 0.1) is 11.5 Å². The van der Waals surface area contributed by atoms with Gasteiger partial charge in [0, 0.05) is 32.3 Å². The minimum Gasteiger partial charge on any atom is -0.348 e. The maximum atomic E-state index is 11.3. The zero-order valence-electron chi connectivity index (χ0n) is 9.84. The molecule has 1 N–H and O–H groups in total. The molecule has 1 aromatic rings. The molecule has 0 saturated carbocycles. The van der Waals surface area contributed by atoms with Gasteiger partial charge in [0.2, 0.25) is 5.91 Å². The Kier molecular flexibility index (Phi) is 4.59. The van der Waals surface area contributed by atoms with Gasteiger partial charge in [-0.3, -0.25) is 14.9 Å². The third-order valence-electron chi connectivity index (χ3n) is 2.28. The Morgan fingerprint density at radius 1 is 1.41 bits per heavy atom. The fourth-order valence-corrected chi connectivity index (χ4v) is 1.30. The minimum atomic E-state index is -0.426. The molecule has 0 aliphatic carbocycles. The van der Waals surface area contributed by atoms with Crippen LogP contribution >= 0.6 is 0 Å². The van der Waals surface area contributed by atoms with Gasteiger partial charge < -0.3 is 10.2 Å². The number of hydrogen-bond acceptors (Lipinski definition) is 4. The number of likely N-dealkylation sites (N-methyl/N-ethyl adjacent to an activating group) is 1. The summed E-state index contributed by atoms with van der Waals surface area (Å²) in [5.74, 6) is -0.0661. The lowest BCUT2D eigenvalue weighted by Gasteiger charge is -2.10. The summed E-state index contributed by atoms with van der Waals surface area (Å²) in [5, 5.41) is 13.6. The van der Waals surface area contributed by atoms with Crippen molar-refractivity contribution in [1.29, 1.82) is 0 Å². The van der Waals surface area contributed by atoms with Crippen molar-refractivity contribution in [2.75, 3.05) is 20.6 Å². The maximum absolute atomic E-state index is 11.3. The molecule has 0 radical (unpaired) electrons. The lowest BCUT2D eigenvalue weighted by atomic mass is 10.2. The molecule has 0 spiro atoms. The standard InChI is InChI=1S/C11H15N3O3/c1-13(2)11(15)8-12-7-9-5-3-4-6-10(9)14(16)17/h3-6,12H,7-8H2,1-2H3. The number of nitro groups is 1. The second-order valence-electron chi connectivity index (χ2n) is 3.78. The highest BCUT2D eigenvalue weighted by atomic mass is 16.6. The number of amides is 1. The minimum absolute atomic E-state index is 0.0661. The van der Waals surface area contributed by atoms with E-state index in [2.05, 4.69) is 5.32 Å². The first-order valence-corrected chi connectivity index (χ1v) is 5.15. The van der Waals surface area contributed by atoms with Crippen LogP contribution in [-0.4, -0.2) is 36.4 Å². The maximum Gasteiger partial charge on any atom is 0.273 e. The second kappa shape index (κ2) is 5.95. The van der Waals surface area contributed by atoms with E-state index < -0.39 is 4.92 Å². The average molecular weight is 237 g/mol. The van der Waals surface area contributed by atoms with Crippen LogP contribution in [0.3, 0.4) is 0 Å². The summed E-state index contributed by atoms with van der Waals surface area (Å²) in [5.41, 5.74) is 0.640. The molecule has 17 heavy (non-hydrogen) atoms. The molecule has 0 aromatic heterocycles. The summed E-state index contributed by atoms with van der Waals surface area (Å²) in [7, 11) is 3.32. The number of benzene rings is 1. The van der Waals surface area contributed by atoms with Crippen molar-refractivity contribution in [2.45, 2.75) is 6.54 Å². The lowest BCUT2D eigenvalue weighted by molar-refractivity contribution is -0.385. The average Bonchev–Trinajstić information content (AvgIpc) is 2.29. The summed E-state index contributed by atoms with van der Waals surface area (Å²) in [6.07, 6.45) is 0. The van der Waals surface area contributed by atoms with Crippen molar-refractivity contribution in [3.05, 3.63) is 39.9 Å². The van der Waals surface area contributed by atoms with Gasteiger partial charge in [0.25, 0.3) is 5.69 Å². The van der Waals surface area contributed by atoms with Gasteiger partial charge in [0.1, 0.15) is 0 Å². The molecule has 0 bridgehead atoms. The highest BCUT2D eigenvalue weighted by molar-refractivity contribution is 5.77. The molecule has 1 rings (SSSR count). The highest BCUT2D eigenvalue weighted by Crippen LogP contribution is 2.16. The van der Waals surface area contributed by atoms with Crippen LogP contribution in [0.2, 0.25) is 0 Å². The van der Waals surface area contributed by atoms with E-state index in [4.69, 9.17) is 0 Å². The summed E-state index contributed by atoms with van der Waals surface area (Å²) in [4.78, 5) is 23.0. The zero-order chi connectivity index (χ0) is 12.8. The molecule has 1 aromatic carbocycles. The van der Waals surface area contributed by atoms with E-state index >= 15 is 0 Å². The van der Waals surface area contributed by atoms with Gasteiger partial charge in [-0.05, 0) is 0 Å². The second-order valence-corrected chi connectivity index (χ2v) is 3.78. The predicted octanol–water partition coefficient (Wildman–Crippen LogP) is 0.773. The Morgan fingerprint density at radius 2 is 2.06 bits per heavy atom. The molecule has 6 heteroatoms. The van der Waals surface area contributed by atoms with Crippen molar-refractivity contribution in [3.63, 3.8) is 0 Å². The molecule has 0 aliphatic heterocycles. The number of rotatable bonds is 5. The summed E-state index contributed by atoms with van der Waals surface area (Å²) < 4.78 is 0. The summed E-state index contributed by atoms with van der Waals surface area (Å²) in [6, 6.07) is 6.47. The van der Waals surface area contributed by atoms with Gasteiger partial charge >= 0.3 is 0 Å². The first-order valence-electron chi connectivity index (χ1n) is 5.15. The van der Waals surface area contributed by atoms with Crippen molar-refractivity contribution in [2.24, 2.45) is 0 Å². The Bertz CT molecular complexity index is 418. The SMILES string of the molecule is CN(C)C(=O)CNCc1ccccc1[N+](=O)[O-]. The molecule has 6 nitrogen and oxygen atoms in total. The van der Waals surface area contributed by atoms with E-state index in [-0.39, 0.29) is 18.1 Å². The Balaban J connectivity index is 2.58. The largest absolute Gasteiger partial charge is 0.348 e. The summed E-state index contributed by atoms with van der Waals surface area (Å²) >= 11 is 0. The number of nitro benzene ring substituents is 1. The zero-order valence-corrected chi connectivity index (χ0v) is 9.84. The number of carbonyl (C=O) groups is 1. The normalized spacial score (nSPS) is 10.0. The fraction of sp³-hybridized carbons (Fsp3) is 0.364. The van der Waals surface area contributed by atoms with Gasteiger partial charge in [0.15, 0.2) is 0 Å². The summed E-state index contributed by atoms with van der Waals surface area (Å²) in [6.45, 7) is 0.468. The highest BCUT2D eigenvalue weighted by Gasteiger charge is 2.12. The number of hydrogen-bond donors (Lipinski definition) is 1. The molecular weight excluding hydrogens is 222 g/mol. The number of nitrogens with zero attached hydrogens (tertiary/aromatic N) is 2. The molecule has 0 unspecified atom stereocenters. The van der Waals surface area contributed by atoms with Crippen LogP contribution < -0.4 is 5.32 Å². The van der Waals surface area contributed by atoms with Gasteiger partial charge in [-0.2, -0.15) is 0 Å². The van der Waals surface area contributed by atoms with Gasteiger partial charge in [-0.1, -0.05) is 18.2 Å². The third-order valence-corrected chi connectivity index (χ3v) is 2.28. The molecule has 0 atom stereocenters. The van der Waals surface area contributed by atoms with Crippen molar-refractivity contribution in [3.8, 4) is 0 Å². The van der Waals surface area contributed by atoms with Gasteiger partial charge in [-0.15, -0.1) is 0 Å². The number of nitrogens with one attached hydrogen (secondary N) is 1. The van der Waals surface area contributed by atoms with E-state index in [0.29, 0.717) is 12.1 Å². The first-order chi connectivity index (χ1) is 8.02.